The SMILES string of the molecule is C[Si](C)(C)CCOCn1nc(Cl)c2c1-c1ccncc1NCN2. The number of nitrogens with zero attached hydrogens (tertiary/aromatic N) is 3. The molecule has 0 unspecified atom stereocenters. The van der Waals surface area contributed by atoms with E-state index in [1.165, 1.54) is 0 Å². The molecule has 3 rings (SSSR count). The highest BCUT2D eigenvalue weighted by Crippen LogP contribution is 2.39. The maximum atomic E-state index is 6.30. The molecule has 6 nitrogen and oxygen atoms in total. The minimum Gasteiger partial charge on any atom is -0.366 e. The lowest BCUT2D eigenvalue weighted by Gasteiger charge is -2.16. The summed E-state index contributed by atoms with van der Waals surface area (Å²) >= 11 is 6.30. The summed E-state index contributed by atoms with van der Waals surface area (Å²) in [5, 5.41) is 11.4. The van der Waals surface area contributed by atoms with Crippen molar-refractivity contribution in [2.75, 3.05) is 23.9 Å². The van der Waals surface area contributed by atoms with Crippen LogP contribution in [0.5, 0.6) is 0 Å². The number of fused-ring (bicyclic) bond motifs is 3. The third-order valence-electron chi connectivity index (χ3n) is 3.74. The van der Waals surface area contributed by atoms with E-state index >= 15 is 0 Å². The van der Waals surface area contributed by atoms with Crippen LogP contribution < -0.4 is 10.6 Å². The lowest BCUT2D eigenvalue weighted by Crippen LogP contribution is -2.22. The van der Waals surface area contributed by atoms with Crippen LogP contribution in [-0.2, 0) is 11.5 Å². The summed E-state index contributed by atoms with van der Waals surface area (Å²) in [6.07, 6.45) is 3.58. The summed E-state index contributed by atoms with van der Waals surface area (Å²) in [6, 6.07) is 3.09. The number of aromatic nitrogens is 3. The second-order valence-electron chi connectivity index (χ2n) is 6.81. The van der Waals surface area contributed by atoms with Gasteiger partial charge in [-0.05, 0) is 12.1 Å². The molecule has 23 heavy (non-hydrogen) atoms. The Balaban J connectivity index is 1.84. The minimum atomic E-state index is -1.10. The highest BCUT2D eigenvalue weighted by molar-refractivity contribution is 6.76. The molecule has 0 bridgehead atoms. The van der Waals surface area contributed by atoms with Crippen LogP contribution in [0, 0.1) is 0 Å². The van der Waals surface area contributed by atoms with Crippen LogP contribution >= 0.6 is 11.6 Å². The predicted molar refractivity (Wildman–Crippen MR) is 96.7 cm³/mol. The van der Waals surface area contributed by atoms with Crippen molar-refractivity contribution in [1.82, 2.24) is 14.8 Å². The molecule has 2 aromatic rings. The Morgan fingerprint density at radius 1 is 1.35 bits per heavy atom. The Kier molecular flexibility index (Phi) is 4.61. The van der Waals surface area contributed by atoms with Gasteiger partial charge in [-0.1, -0.05) is 31.2 Å². The lowest BCUT2D eigenvalue weighted by atomic mass is 10.1. The minimum absolute atomic E-state index is 0.392. The molecule has 0 spiro atoms. The zero-order chi connectivity index (χ0) is 16.4. The quantitative estimate of drug-likeness (QED) is 0.635. The number of rotatable bonds is 5. The highest BCUT2D eigenvalue weighted by atomic mass is 35.5. The number of nitrogens with one attached hydrogen (secondary N) is 2. The third kappa shape index (κ3) is 3.68. The van der Waals surface area contributed by atoms with Crippen molar-refractivity contribution in [2.45, 2.75) is 32.4 Å². The topological polar surface area (TPSA) is 64.0 Å². The van der Waals surface area contributed by atoms with E-state index in [4.69, 9.17) is 16.3 Å². The molecule has 1 aliphatic heterocycles. The predicted octanol–water partition coefficient (Wildman–Crippen LogP) is 3.71. The molecule has 2 aromatic heterocycles. The average molecular weight is 352 g/mol. The van der Waals surface area contributed by atoms with Crippen LogP contribution in [0.15, 0.2) is 18.5 Å². The summed E-state index contributed by atoms with van der Waals surface area (Å²) in [6.45, 7) is 8.73. The Morgan fingerprint density at radius 2 is 2.17 bits per heavy atom. The van der Waals surface area contributed by atoms with E-state index in [9.17, 15) is 0 Å². The summed E-state index contributed by atoms with van der Waals surface area (Å²) < 4.78 is 7.66. The van der Waals surface area contributed by atoms with Gasteiger partial charge < -0.3 is 15.4 Å². The third-order valence-corrected chi connectivity index (χ3v) is 5.71. The zero-order valence-corrected chi connectivity index (χ0v) is 15.4. The van der Waals surface area contributed by atoms with Crippen LogP contribution in [0.1, 0.15) is 0 Å². The molecule has 1 aliphatic rings. The average Bonchev–Trinajstić information content (AvgIpc) is 2.68. The Bertz CT molecular complexity index is 698. The van der Waals surface area contributed by atoms with Crippen molar-refractivity contribution in [3.8, 4) is 11.3 Å². The molecule has 2 N–H and O–H groups in total. The van der Waals surface area contributed by atoms with Crippen molar-refractivity contribution in [3.05, 3.63) is 23.6 Å². The van der Waals surface area contributed by atoms with E-state index in [2.05, 4.69) is 40.4 Å². The first-order chi connectivity index (χ1) is 11.0. The fourth-order valence-corrected chi connectivity index (χ4v) is 3.46. The standard InChI is InChI=1S/C15H22ClN5OSi/c1-23(2,3)7-6-22-10-21-14-11-4-5-17-8-12(11)18-9-19-13(14)15(16)20-21/h4-5,8,18-19H,6-7,9-10H2,1-3H3. The van der Waals surface area contributed by atoms with Crippen LogP contribution in [0.2, 0.25) is 30.8 Å². The highest BCUT2D eigenvalue weighted by Gasteiger charge is 2.23. The van der Waals surface area contributed by atoms with E-state index in [1.807, 2.05) is 16.9 Å². The summed E-state index contributed by atoms with van der Waals surface area (Å²) in [5.41, 5.74) is 3.75. The van der Waals surface area contributed by atoms with Gasteiger partial charge in [0.2, 0.25) is 0 Å². The molecule has 0 radical (unpaired) electrons. The molecule has 0 atom stereocenters. The molecule has 0 saturated heterocycles. The number of halogens is 1. The number of hydrogen-bond acceptors (Lipinski definition) is 5. The molecule has 0 aromatic carbocycles. The molecule has 124 valence electrons. The van der Waals surface area contributed by atoms with Gasteiger partial charge in [0.25, 0.3) is 0 Å². The number of ether oxygens (including phenoxy) is 1. The van der Waals surface area contributed by atoms with Gasteiger partial charge in [0.1, 0.15) is 12.4 Å². The second kappa shape index (κ2) is 6.50. The first-order valence-electron chi connectivity index (χ1n) is 7.72. The van der Waals surface area contributed by atoms with Crippen molar-refractivity contribution >= 4 is 31.0 Å². The van der Waals surface area contributed by atoms with E-state index in [-0.39, 0.29) is 0 Å². The molecule has 0 saturated carbocycles. The first-order valence-corrected chi connectivity index (χ1v) is 11.8. The lowest BCUT2D eigenvalue weighted by molar-refractivity contribution is 0.0798. The molecular formula is C15H22ClN5OSi. The summed E-state index contributed by atoms with van der Waals surface area (Å²) in [7, 11) is -1.10. The fourth-order valence-electron chi connectivity index (χ4n) is 2.46. The largest absolute Gasteiger partial charge is 0.366 e. The van der Waals surface area contributed by atoms with Crippen molar-refractivity contribution < 1.29 is 4.74 Å². The van der Waals surface area contributed by atoms with Crippen LogP contribution in [0.4, 0.5) is 11.4 Å². The van der Waals surface area contributed by atoms with Crippen molar-refractivity contribution in [1.29, 1.82) is 0 Å². The fraction of sp³-hybridized carbons (Fsp3) is 0.467. The van der Waals surface area contributed by atoms with Crippen LogP contribution in [0.3, 0.4) is 0 Å². The van der Waals surface area contributed by atoms with Gasteiger partial charge >= 0.3 is 0 Å². The number of hydrogen-bond donors (Lipinski definition) is 2. The molecule has 0 amide bonds. The van der Waals surface area contributed by atoms with Crippen molar-refractivity contribution in [3.63, 3.8) is 0 Å². The maximum Gasteiger partial charge on any atom is 0.174 e. The van der Waals surface area contributed by atoms with E-state index in [0.29, 0.717) is 18.6 Å². The summed E-state index contributed by atoms with van der Waals surface area (Å²) in [5.74, 6) is 0. The number of anilines is 2. The van der Waals surface area contributed by atoms with Gasteiger partial charge in [-0.25, -0.2) is 4.68 Å². The van der Waals surface area contributed by atoms with Crippen LogP contribution in [-0.4, -0.2) is 36.1 Å². The molecule has 8 heteroatoms. The van der Waals surface area contributed by atoms with E-state index in [0.717, 1.165) is 35.3 Å². The van der Waals surface area contributed by atoms with Crippen LogP contribution in [0.25, 0.3) is 11.3 Å². The van der Waals surface area contributed by atoms with Gasteiger partial charge in [0.15, 0.2) is 5.15 Å². The van der Waals surface area contributed by atoms with Crippen molar-refractivity contribution in [2.24, 2.45) is 0 Å². The molecule has 0 fully saturated rings. The second-order valence-corrected chi connectivity index (χ2v) is 12.8. The Labute approximate surface area is 142 Å². The first kappa shape index (κ1) is 16.3. The van der Waals surface area contributed by atoms with Gasteiger partial charge in [-0.15, -0.1) is 0 Å². The Morgan fingerprint density at radius 3 is 2.96 bits per heavy atom. The van der Waals surface area contributed by atoms with Gasteiger partial charge in [0.05, 0.1) is 24.2 Å². The van der Waals surface area contributed by atoms with Gasteiger partial charge in [0, 0.05) is 26.4 Å². The summed E-state index contributed by atoms with van der Waals surface area (Å²) in [4.78, 5) is 4.17. The normalized spacial score (nSPS) is 13.6. The Hall–Kier alpha value is -1.57. The van der Waals surface area contributed by atoms with Gasteiger partial charge in [-0.3, -0.25) is 4.98 Å². The maximum absolute atomic E-state index is 6.30. The number of pyridine rings is 1. The smallest absolute Gasteiger partial charge is 0.174 e. The molecule has 0 aliphatic carbocycles. The van der Waals surface area contributed by atoms with E-state index in [1.54, 1.807) is 6.20 Å². The zero-order valence-electron chi connectivity index (χ0n) is 13.7. The monoisotopic (exact) mass is 351 g/mol. The van der Waals surface area contributed by atoms with E-state index < -0.39 is 8.07 Å². The molecule has 3 heterocycles. The van der Waals surface area contributed by atoms with Gasteiger partial charge in [-0.2, -0.15) is 5.10 Å². The molecular weight excluding hydrogens is 330 g/mol.